The summed E-state index contributed by atoms with van der Waals surface area (Å²) in [4.78, 5) is 4.22. The Hall–Kier alpha value is -0.0400. The molecule has 0 aliphatic rings. The van der Waals surface area contributed by atoms with Gasteiger partial charge >= 0.3 is 0 Å². The van der Waals surface area contributed by atoms with E-state index >= 15 is 0 Å². The van der Waals surface area contributed by atoms with Crippen molar-refractivity contribution < 1.29 is 5.11 Å². The minimum Gasteiger partial charge on any atom is -0.388 e. The van der Waals surface area contributed by atoms with E-state index in [0.29, 0.717) is 25.3 Å². The molecular weight excluding hydrogens is 365 g/mol. The number of rotatable bonds is 11. The molecule has 0 aromatic rings. The van der Waals surface area contributed by atoms with Gasteiger partial charge in [-0.25, -0.2) is 0 Å². The first-order chi connectivity index (χ1) is 9.08. The van der Waals surface area contributed by atoms with Gasteiger partial charge in [-0.05, 0) is 19.3 Å². The Morgan fingerprint density at radius 1 is 1.05 bits per heavy atom. The lowest BCUT2D eigenvalue weighted by atomic mass is 9.98. The van der Waals surface area contributed by atoms with Gasteiger partial charge in [0.05, 0.1) is 12.1 Å². The number of unbranched alkanes of at least 4 members (excludes halogenated alkanes) is 5. The normalized spacial score (nSPS) is 12.1. The highest BCUT2D eigenvalue weighted by molar-refractivity contribution is 14.0. The lowest BCUT2D eigenvalue weighted by Gasteiger charge is -2.22. The van der Waals surface area contributed by atoms with Crippen LogP contribution >= 0.6 is 24.0 Å². The molecule has 0 aliphatic heterocycles. The topological polar surface area (TPSA) is 70.6 Å². The fraction of sp³-hybridized carbons (Fsp3) is 0.933. The molecule has 0 saturated carbocycles. The van der Waals surface area contributed by atoms with E-state index in [1.807, 2.05) is 13.8 Å². The smallest absolute Gasteiger partial charge is 0.188 e. The standard InChI is InChI=1S/C15H33N3O.HI/c1-4-7-8-9-10-11-12-17-14(16)18-13-15(19,5-2)6-3;/h19H,4-13H2,1-3H3,(H3,16,17,18);1H. The van der Waals surface area contributed by atoms with Gasteiger partial charge in [-0.2, -0.15) is 0 Å². The molecule has 20 heavy (non-hydrogen) atoms. The van der Waals surface area contributed by atoms with Crippen LogP contribution in [0.2, 0.25) is 0 Å². The summed E-state index contributed by atoms with van der Waals surface area (Å²) in [5.41, 5.74) is 5.08. The molecule has 0 radical (unpaired) electrons. The summed E-state index contributed by atoms with van der Waals surface area (Å²) in [6, 6.07) is 0. The second-order valence-electron chi connectivity index (χ2n) is 5.33. The summed E-state index contributed by atoms with van der Waals surface area (Å²) in [7, 11) is 0. The molecule has 0 saturated heterocycles. The number of hydrogen-bond acceptors (Lipinski definition) is 2. The Kier molecular flexibility index (Phi) is 15.5. The van der Waals surface area contributed by atoms with Crippen molar-refractivity contribution in [2.24, 2.45) is 10.7 Å². The average molecular weight is 399 g/mol. The largest absolute Gasteiger partial charge is 0.388 e. The summed E-state index contributed by atoms with van der Waals surface area (Å²) >= 11 is 0. The maximum atomic E-state index is 10.1. The van der Waals surface area contributed by atoms with Crippen LogP contribution < -0.4 is 11.1 Å². The van der Waals surface area contributed by atoms with Crippen LogP contribution in [0, 0.1) is 0 Å². The lowest BCUT2D eigenvalue weighted by molar-refractivity contribution is 0.0418. The fourth-order valence-electron chi connectivity index (χ4n) is 1.88. The Balaban J connectivity index is 0. The molecule has 122 valence electrons. The van der Waals surface area contributed by atoms with Crippen LogP contribution in [0.4, 0.5) is 0 Å². The van der Waals surface area contributed by atoms with Crippen LogP contribution in [0.15, 0.2) is 4.99 Å². The van der Waals surface area contributed by atoms with E-state index in [2.05, 4.69) is 17.2 Å². The van der Waals surface area contributed by atoms with Gasteiger partial charge in [0.15, 0.2) is 5.96 Å². The monoisotopic (exact) mass is 399 g/mol. The number of nitrogens with zero attached hydrogens (tertiary/aromatic N) is 1. The highest BCUT2D eigenvalue weighted by atomic mass is 127. The second kappa shape index (κ2) is 13.9. The van der Waals surface area contributed by atoms with E-state index < -0.39 is 5.60 Å². The summed E-state index contributed by atoms with van der Waals surface area (Å²) < 4.78 is 0. The first kappa shape index (κ1) is 22.2. The molecule has 0 atom stereocenters. The van der Waals surface area contributed by atoms with E-state index in [9.17, 15) is 5.11 Å². The van der Waals surface area contributed by atoms with Crippen LogP contribution in [-0.2, 0) is 0 Å². The van der Waals surface area contributed by atoms with Crippen LogP contribution in [0.1, 0.15) is 72.1 Å². The Bertz CT molecular complexity index is 243. The molecule has 5 heteroatoms. The van der Waals surface area contributed by atoms with Crippen molar-refractivity contribution in [3.63, 3.8) is 0 Å². The Morgan fingerprint density at radius 2 is 1.60 bits per heavy atom. The molecular formula is C15H34IN3O. The molecule has 0 fully saturated rings. The zero-order valence-electron chi connectivity index (χ0n) is 13.5. The summed E-state index contributed by atoms with van der Waals surface area (Å²) in [6.07, 6.45) is 9.05. The number of guanidine groups is 1. The van der Waals surface area contributed by atoms with Gasteiger partial charge in [-0.1, -0.05) is 52.9 Å². The molecule has 0 aliphatic carbocycles. The Morgan fingerprint density at radius 3 is 2.15 bits per heavy atom. The maximum absolute atomic E-state index is 10.1. The van der Waals surface area contributed by atoms with Gasteiger partial charge in [0.25, 0.3) is 0 Å². The minimum absolute atomic E-state index is 0. The fourth-order valence-corrected chi connectivity index (χ4v) is 1.88. The van der Waals surface area contributed by atoms with Crippen molar-refractivity contribution in [3.05, 3.63) is 0 Å². The molecule has 0 aromatic carbocycles. The highest BCUT2D eigenvalue weighted by Gasteiger charge is 2.21. The van der Waals surface area contributed by atoms with Crippen LogP contribution in [0.25, 0.3) is 0 Å². The third-order valence-corrected chi connectivity index (χ3v) is 3.70. The van der Waals surface area contributed by atoms with Crippen LogP contribution in [-0.4, -0.2) is 29.8 Å². The summed E-state index contributed by atoms with van der Waals surface area (Å²) in [6.45, 7) is 7.43. The number of halogens is 1. The first-order valence-corrected chi connectivity index (χ1v) is 7.84. The lowest BCUT2D eigenvalue weighted by Crippen LogP contribution is -2.36. The van der Waals surface area contributed by atoms with Crippen LogP contribution in [0.3, 0.4) is 0 Å². The third-order valence-electron chi connectivity index (χ3n) is 3.70. The Labute approximate surface area is 142 Å². The number of nitrogens with one attached hydrogen (secondary N) is 1. The van der Waals surface area contributed by atoms with Crippen molar-refractivity contribution >= 4 is 29.9 Å². The third kappa shape index (κ3) is 11.8. The van der Waals surface area contributed by atoms with E-state index in [4.69, 9.17) is 5.73 Å². The molecule has 0 aromatic heterocycles. The average Bonchev–Trinajstić information content (AvgIpc) is 2.44. The maximum Gasteiger partial charge on any atom is 0.188 e. The van der Waals surface area contributed by atoms with E-state index in [0.717, 1.165) is 13.0 Å². The second-order valence-corrected chi connectivity index (χ2v) is 5.33. The molecule has 0 rings (SSSR count). The van der Waals surface area contributed by atoms with Gasteiger partial charge in [-0.15, -0.1) is 24.0 Å². The van der Waals surface area contributed by atoms with Crippen molar-refractivity contribution in [1.82, 2.24) is 5.32 Å². The number of aliphatic hydroxyl groups is 1. The van der Waals surface area contributed by atoms with Crippen LogP contribution in [0.5, 0.6) is 0 Å². The van der Waals surface area contributed by atoms with E-state index in [-0.39, 0.29) is 24.0 Å². The predicted octanol–water partition coefficient (Wildman–Crippen LogP) is 3.42. The van der Waals surface area contributed by atoms with Gasteiger partial charge in [0.2, 0.25) is 0 Å². The number of aliphatic imine (C=N–C) groups is 1. The molecule has 0 amide bonds. The molecule has 0 unspecified atom stereocenters. The van der Waals surface area contributed by atoms with Crippen molar-refractivity contribution in [2.45, 2.75) is 77.7 Å². The zero-order chi connectivity index (χ0) is 14.6. The van der Waals surface area contributed by atoms with Gasteiger partial charge < -0.3 is 16.2 Å². The minimum atomic E-state index is -0.702. The van der Waals surface area contributed by atoms with Crippen molar-refractivity contribution in [3.8, 4) is 0 Å². The summed E-state index contributed by atoms with van der Waals surface area (Å²) in [5, 5.41) is 13.2. The molecule has 0 heterocycles. The first-order valence-electron chi connectivity index (χ1n) is 7.84. The number of hydrogen-bond donors (Lipinski definition) is 3. The zero-order valence-corrected chi connectivity index (χ0v) is 15.8. The SMILES string of the molecule is CCCCCCCCNC(N)=NCC(O)(CC)CC.I. The van der Waals surface area contributed by atoms with Gasteiger partial charge in [0, 0.05) is 6.54 Å². The molecule has 0 spiro atoms. The molecule has 4 N–H and O–H groups in total. The van der Waals surface area contributed by atoms with E-state index in [1.165, 1.54) is 32.1 Å². The highest BCUT2D eigenvalue weighted by Crippen LogP contribution is 2.14. The van der Waals surface area contributed by atoms with Gasteiger partial charge in [-0.3, -0.25) is 4.99 Å². The number of nitrogens with two attached hydrogens (primary N) is 1. The molecule has 0 bridgehead atoms. The summed E-state index contributed by atoms with van der Waals surface area (Å²) in [5.74, 6) is 0.453. The molecule has 4 nitrogen and oxygen atoms in total. The van der Waals surface area contributed by atoms with Crippen molar-refractivity contribution in [1.29, 1.82) is 0 Å². The predicted molar refractivity (Wildman–Crippen MR) is 98.8 cm³/mol. The quantitative estimate of drug-likeness (QED) is 0.216. The van der Waals surface area contributed by atoms with Crippen molar-refractivity contribution in [2.75, 3.05) is 13.1 Å². The van der Waals surface area contributed by atoms with E-state index in [1.54, 1.807) is 0 Å². The van der Waals surface area contributed by atoms with Gasteiger partial charge in [0.1, 0.15) is 0 Å².